The van der Waals surface area contributed by atoms with Gasteiger partial charge in [-0.05, 0) is 35.4 Å². The van der Waals surface area contributed by atoms with E-state index in [1.807, 2.05) is 0 Å². The van der Waals surface area contributed by atoms with Crippen molar-refractivity contribution in [3.63, 3.8) is 0 Å². The quantitative estimate of drug-likeness (QED) is 0.549. The number of carbonyl (C=O) groups is 1. The van der Waals surface area contributed by atoms with E-state index in [0.29, 0.717) is 35.3 Å². The number of hydrogen-bond acceptors (Lipinski definition) is 5. The van der Waals surface area contributed by atoms with Crippen LogP contribution < -0.4 is 19.5 Å². The van der Waals surface area contributed by atoms with Crippen molar-refractivity contribution in [1.29, 1.82) is 0 Å². The average molecular weight is 473 g/mol. The topological polar surface area (TPSA) is 93.7 Å². The van der Waals surface area contributed by atoms with E-state index in [2.05, 4.69) is 10.0 Å². The van der Waals surface area contributed by atoms with Crippen LogP contribution in [0.2, 0.25) is 5.02 Å². The van der Waals surface area contributed by atoms with Gasteiger partial charge in [-0.15, -0.1) is 0 Å². The van der Waals surface area contributed by atoms with Gasteiger partial charge in [-0.1, -0.05) is 54.1 Å². The molecule has 0 radical (unpaired) electrons. The summed E-state index contributed by atoms with van der Waals surface area (Å²) in [5, 5.41) is 3.38. The van der Waals surface area contributed by atoms with Gasteiger partial charge in [0.25, 0.3) is 0 Å². The molecule has 0 saturated heterocycles. The highest BCUT2D eigenvalue weighted by molar-refractivity contribution is 7.89. The van der Waals surface area contributed by atoms with Crippen LogP contribution in [0.15, 0.2) is 77.7 Å². The molecule has 0 spiro atoms. The number of ether oxygens (including phenoxy) is 2. The lowest BCUT2D eigenvalue weighted by Gasteiger charge is -2.21. The number of amides is 1. The smallest absolute Gasteiger partial charge is 0.243 e. The molecule has 9 heteroatoms. The van der Waals surface area contributed by atoms with Crippen LogP contribution in [-0.2, 0) is 21.4 Å². The van der Waals surface area contributed by atoms with Crippen molar-refractivity contribution in [2.24, 2.45) is 0 Å². The number of fused-ring (bicyclic) bond motifs is 1. The summed E-state index contributed by atoms with van der Waals surface area (Å²) < 4.78 is 39.7. The summed E-state index contributed by atoms with van der Waals surface area (Å²) in [4.78, 5) is 13.0. The zero-order valence-electron chi connectivity index (χ0n) is 17.0. The Kier molecular flexibility index (Phi) is 6.64. The maximum absolute atomic E-state index is 13.1. The second kappa shape index (κ2) is 9.60. The summed E-state index contributed by atoms with van der Waals surface area (Å²) in [6.45, 7) is 0.968. The van der Waals surface area contributed by atoms with Crippen LogP contribution in [0.25, 0.3) is 0 Å². The number of halogens is 1. The number of hydrogen-bond donors (Lipinski definition) is 2. The Morgan fingerprint density at radius 3 is 2.34 bits per heavy atom. The van der Waals surface area contributed by atoms with Crippen LogP contribution in [0.4, 0.5) is 0 Å². The lowest BCUT2D eigenvalue weighted by Crippen LogP contribution is -2.40. The van der Waals surface area contributed by atoms with Gasteiger partial charge in [-0.25, -0.2) is 8.42 Å². The van der Waals surface area contributed by atoms with E-state index >= 15 is 0 Å². The number of carbonyl (C=O) groups excluding carboxylic acids is 1. The van der Waals surface area contributed by atoms with Crippen molar-refractivity contribution in [2.75, 3.05) is 13.2 Å². The molecular weight excluding hydrogens is 452 g/mol. The first-order chi connectivity index (χ1) is 15.4. The van der Waals surface area contributed by atoms with Crippen molar-refractivity contribution in [3.8, 4) is 11.5 Å². The Balaban J connectivity index is 1.56. The third-order valence-electron chi connectivity index (χ3n) is 4.87. The minimum atomic E-state index is -4.04. The molecule has 3 aromatic rings. The Hall–Kier alpha value is -3.07. The van der Waals surface area contributed by atoms with E-state index in [-0.39, 0.29) is 11.4 Å². The second-order valence-corrected chi connectivity index (χ2v) is 9.27. The number of rotatable bonds is 7. The van der Waals surface area contributed by atoms with Crippen LogP contribution >= 0.6 is 11.6 Å². The highest BCUT2D eigenvalue weighted by Gasteiger charge is 2.28. The van der Waals surface area contributed by atoms with Gasteiger partial charge in [-0.3, -0.25) is 4.79 Å². The molecule has 0 fully saturated rings. The molecule has 0 aromatic heterocycles. The fourth-order valence-electron chi connectivity index (χ4n) is 3.23. The molecule has 1 aliphatic rings. The maximum atomic E-state index is 13.1. The molecule has 0 aliphatic carbocycles. The molecule has 1 amide bonds. The first-order valence-electron chi connectivity index (χ1n) is 9.91. The normalized spacial score (nSPS) is 13.9. The predicted octanol–water partition coefficient (Wildman–Crippen LogP) is 3.45. The Morgan fingerprint density at radius 2 is 1.62 bits per heavy atom. The largest absolute Gasteiger partial charge is 0.486 e. The van der Waals surface area contributed by atoms with Gasteiger partial charge in [0.1, 0.15) is 19.3 Å². The summed E-state index contributed by atoms with van der Waals surface area (Å²) >= 11 is 5.90. The van der Waals surface area contributed by atoms with Crippen molar-refractivity contribution in [2.45, 2.75) is 17.5 Å². The van der Waals surface area contributed by atoms with E-state index in [1.165, 1.54) is 12.1 Å². The van der Waals surface area contributed by atoms with Crippen molar-refractivity contribution >= 4 is 27.5 Å². The molecule has 1 heterocycles. The lowest BCUT2D eigenvalue weighted by atomic mass is 10.1. The summed E-state index contributed by atoms with van der Waals surface area (Å²) in [5.74, 6) is 0.352. The zero-order chi connectivity index (χ0) is 22.6. The Bertz CT molecular complexity index is 1200. The van der Waals surface area contributed by atoms with Crippen LogP contribution in [0.5, 0.6) is 11.5 Å². The van der Waals surface area contributed by atoms with Gasteiger partial charge in [-0.2, -0.15) is 4.72 Å². The summed E-state index contributed by atoms with van der Waals surface area (Å²) in [7, 11) is -4.04. The maximum Gasteiger partial charge on any atom is 0.243 e. The van der Waals surface area contributed by atoms with Gasteiger partial charge < -0.3 is 14.8 Å². The number of sulfonamides is 1. The average Bonchev–Trinajstić information content (AvgIpc) is 2.82. The molecule has 3 aromatic carbocycles. The fraction of sp³-hybridized carbons (Fsp3) is 0.174. The third-order valence-corrected chi connectivity index (χ3v) is 6.54. The monoisotopic (exact) mass is 472 g/mol. The van der Waals surface area contributed by atoms with Crippen molar-refractivity contribution < 1.29 is 22.7 Å². The molecule has 4 rings (SSSR count). The van der Waals surface area contributed by atoms with Crippen molar-refractivity contribution in [3.05, 3.63) is 88.9 Å². The number of nitrogens with one attached hydrogen (secondary N) is 2. The summed E-state index contributed by atoms with van der Waals surface area (Å²) in [6.07, 6.45) is 0. The minimum Gasteiger partial charge on any atom is -0.486 e. The van der Waals surface area contributed by atoms with Crippen LogP contribution in [0.1, 0.15) is 17.2 Å². The molecular formula is C23H21ClN2O5S. The summed E-state index contributed by atoms with van der Waals surface area (Å²) in [6, 6.07) is 18.9. The highest BCUT2D eigenvalue weighted by atomic mass is 35.5. The van der Waals surface area contributed by atoms with Gasteiger partial charge in [0.15, 0.2) is 11.5 Å². The van der Waals surface area contributed by atoms with Gasteiger partial charge >= 0.3 is 0 Å². The van der Waals surface area contributed by atoms with Gasteiger partial charge in [0.2, 0.25) is 15.9 Å². The highest BCUT2D eigenvalue weighted by Crippen LogP contribution is 2.32. The fourth-order valence-corrected chi connectivity index (χ4v) is 4.55. The summed E-state index contributed by atoms with van der Waals surface area (Å²) in [5.41, 5.74) is 1.35. The lowest BCUT2D eigenvalue weighted by molar-refractivity contribution is -0.123. The van der Waals surface area contributed by atoms with E-state index in [4.69, 9.17) is 21.1 Å². The molecule has 32 heavy (non-hydrogen) atoms. The third kappa shape index (κ3) is 5.21. The van der Waals surface area contributed by atoms with E-state index < -0.39 is 22.0 Å². The Morgan fingerprint density at radius 1 is 0.938 bits per heavy atom. The van der Waals surface area contributed by atoms with Crippen LogP contribution in [-0.4, -0.2) is 27.5 Å². The molecule has 1 atom stereocenters. The van der Waals surface area contributed by atoms with Gasteiger partial charge in [0.05, 0.1) is 4.90 Å². The molecule has 1 aliphatic heterocycles. The zero-order valence-corrected chi connectivity index (χ0v) is 18.5. The van der Waals surface area contributed by atoms with E-state index in [0.717, 1.165) is 5.56 Å². The predicted molar refractivity (Wildman–Crippen MR) is 120 cm³/mol. The van der Waals surface area contributed by atoms with Crippen LogP contribution in [0.3, 0.4) is 0 Å². The first-order valence-corrected chi connectivity index (χ1v) is 11.8. The van der Waals surface area contributed by atoms with Crippen LogP contribution in [0, 0.1) is 0 Å². The van der Waals surface area contributed by atoms with E-state index in [1.54, 1.807) is 60.7 Å². The SMILES string of the molecule is O=C(NCc1ccc(Cl)cc1)[C@@H](NS(=O)(=O)c1ccc2c(c1)OCCO2)c1ccccc1. The molecule has 2 N–H and O–H groups in total. The second-order valence-electron chi connectivity index (χ2n) is 7.11. The molecule has 166 valence electrons. The van der Waals surface area contributed by atoms with E-state index in [9.17, 15) is 13.2 Å². The minimum absolute atomic E-state index is 0.0202. The van der Waals surface area contributed by atoms with Crippen molar-refractivity contribution in [1.82, 2.24) is 10.0 Å². The number of benzene rings is 3. The molecule has 0 bridgehead atoms. The molecule has 0 saturated carbocycles. The molecule has 0 unspecified atom stereocenters. The molecule has 7 nitrogen and oxygen atoms in total. The first kappa shape index (κ1) is 22.1. The van der Waals surface area contributed by atoms with Gasteiger partial charge in [0, 0.05) is 17.6 Å². The Labute approximate surface area is 191 Å². The standard InChI is InChI=1S/C23H21ClN2O5S/c24-18-8-6-16(7-9-18)15-25-23(27)22(17-4-2-1-3-5-17)26-32(28,29)19-10-11-20-21(14-19)31-13-12-30-20/h1-11,14,22,26H,12-13,15H2,(H,25,27)/t22-/m0/s1.